The van der Waals surface area contributed by atoms with Gasteiger partial charge in [0, 0.05) is 67.7 Å². The smallest absolute Gasteiger partial charge is 0.226 e. The van der Waals surface area contributed by atoms with Gasteiger partial charge in [-0.15, -0.1) is 0 Å². The van der Waals surface area contributed by atoms with E-state index in [1.165, 1.54) is 11.3 Å². The average Bonchev–Trinajstić information content (AvgIpc) is 3.47. The van der Waals surface area contributed by atoms with Gasteiger partial charge in [0.1, 0.15) is 0 Å². The Kier molecular flexibility index (Phi) is 4.14. The van der Waals surface area contributed by atoms with E-state index in [2.05, 4.69) is 44.5 Å². The van der Waals surface area contributed by atoms with Crippen LogP contribution in [0.5, 0.6) is 0 Å². The molecule has 4 heterocycles. The standard InChI is InChI=1S/C21H28N6O/c1-15(2)27-13-17-12-26(19(28)16-4-5-16)14-21(18(17)24-27)6-10-25(11-7-21)20-22-8-3-9-23-20/h3,8-9,13,15-16H,4-7,10-12,14H2,1-2H3. The molecule has 1 amide bonds. The molecule has 3 aliphatic rings. The summed E-state index contributed by atoms with van der Waals surface area (Å²) < 4.78 is 2.07. The van der Waals surface area contributed by atoms with Crippen LogP contribution in [-0.4, -0.2) is 50.2 Å². The van der Waals surface area contributed by atoms with Crippen LogP contribution in [0.1, 0.15) is 56.8 Å². The van der Waals surface area contributed by atoms with Crippen molar-refractivity contribution in [1.82, 2.24) is 24.6 Å². The van der Waals surface area contributed by atoms with Gasteiger partial charge in [-0.1, -0.05) is 0 Å². The highest BCUT2D eigenvalue weighted by Crippen LogP contribution is 2.43. The zero-order valence-corrected chi connectivity index (χ0v) is 16.7. The fraction of sp³-hybridized carbons (Fsp3) is 0.619. The molecular formula is C21H28N6O. The largest absolute Gasteiger partial charge is 0.341 e. The van der Waals surface area contributed by atoms with E-state index in [0.29, 0.717) is 18.5 Å². The van der Waals surface area contributed by atoms with Crippen LogP contribution in [0.2, 0.25) is 0 Å². The maximum absolute atomic E-state index is 12.9. The Balaban J connectivity index is 1.44. The van der Waals surface area contributed by atoms with Crippen molar-refractivity contribution < 1.29 is 4.79 Å². The Morgan fingerprint density at radius 2 is 1.89 bits per heavy atom. The number of carbonyl (C=O) groups is 1. The topological polar surface area (TPSA) is 67.2 Å². The maximum Gasteiger partial charge on any atom is 0.226 e. The Labute approximate surface area is 165 Å². The molecule has 1 saturated carbocycles. The first-order valence-electron chi connectivity index (χ1n) is 10.4. The van der Waals surface area contributed by atoms with Gasteiger partial charge in [-0.05, 0) is 45.6 Å². The van der Waals surface area contributed by atoms with Crippen LogP contribution in [-0.2, 0) is 16.8 Å². The van der Waals surface area contributed by atoms with E-state index in [4.69, 9.17) is 5.10 Å². The van der Waals surface area contributed by atoms with Gasteiger partial charge in [-0.25, -0.2) is 9.97 Å². The molecule has 7 nitrogen and oxygen atoms in total. The molecule has 0 radical (unpaired) electrons. The molecule has 1 spiro atoms. The molecule has 0 atom stereocenters. The molecule has 1 aliphatic carbocycles. The highest BCUT2D eigenvalue weighted by molar-refractivity contribution is 5.81. The number of amides is 1. The van der Waals surface area contributed by atoms with Crippen LogP contribution >= 0.6 is 0 Å². The minimum atomic E-state index is -0.0520. The first-order valence-corrected chi connectivity index (χ1v) is 10.4. The fourth-order valence-corrected chi connectivity index (χ4v) is 4.69. The number of aromatic nitrogens is 4. The van der Waals surface area contributed by atoms with Crippen LogP contribution in [0.3, 0.4) is 0 Å². The fourth-order valence-electron chi connectivity index (χ4n) is 4.69. The molecule has 0 unspecified atom stereocenters. The monoisotopic (exact) mass is 380 g/mol. The van der Waals surface area contributed by atoms with Crippen LogP contribution in [0, 0.1) is 5.92 Å². The van der Waals surface area contributed by atoms with E-state index in [1.807, 2.05) is 6.07 Å². The van der Waals surface area contributed by atoms with Crippen molar-refractivity contribution >= 4 is 11.9 Å². The van der Waals surface area contributed by atoms with Gasteiger partial charge in [0.2, 0.25) is 11.9 Å². The molecular weight excluding hydrogens is 352 g/mol. The van der Waals surface area contributed by atoms with Gasteiger partial charge < -0.3 is 9.80 Å². The van der Waals surface area contributed by atoms with E-state index >= 15 is 0 Å². The summed E-state index contributed by atoms with van der Waals surface area (Å²) in [6.45, 7) is 7.62. The van der Waals surface area contributed by atoms with Crippen molar-refractivity contribution in [2.24, 2.45) is 5.92 Å². The molecule has 2 fully saturated rings. The van der Waals surface area contributed by atoms with Gasteiger partial charge in [0.25, 0.3) is 0 Å². The van der Waals surface area contributed by atoms with Crippen molar-refractivity contribution in [3.63, 3.8) is 0 Å². The molecule has 28 heavy (non-hydrogen) atoms. The molecule has 1 saturated heterocycles. The third-order valence-corrected chi connectivity index (χ3v) is 6.49. The minimum Gasteiger partial charge on any atom is -0.341 e. The van der Waals surface area contributed by atoms with Crippen molar-refractivity contribution in [2.45, 2.75) is 57.5 Å². The summed E-state index contributed by atoms with van der Waals surface area (Å²) in [7, 11) is 0. The summed E-state index contributed by atoms with van der Waals surface area (Å²) in [6.07, 6.45) is 9.82. The van der Waals surface area contributed by atoms with E-state index in [1.54, 1.807) is 12.4 Å². The molecule has 0 N–H and O–H groups in total. The lowest BCUT2D eigenvalue weighted by Gasteiger charge is -2.46. The third-order valence-electron chi connectivity index (χ3n) is 6.49. The van der Waals surface area contributed by atoms with Crippen molar-refractivity contribution in [1.29, 1.82) is 0 Å². The summed E-state index contributed by atoms with van der Waals surface area (Å²) in [5, 5.41) is 5.01. The molecule has 0 aromatic carbocycles. The second-order valence-electron chi connectivity index (χ2n) is 8.86. The second-order valence-corrected chi connectivity index (χ2v) is 8.86. The second kappa shape index (κ2) is 6.57. The number of nitrogens with zero attached hydrogens (tertiary/aromatic N) is 6. The first-order chi connectivity index (χ1) is 13.6. The minimum absolute atomic E-state index is 0.0520. The number of fused-ring (bicyclic) bond motifs is 2. The van der Waals surface area contributed by atoms with Crippen molar-refractivity contribution in [3.8, 4) is 0 Å². The summed E-state index contributed by atoms with van der Waals surface area (Å²) in [6, 6.07) is 2.18. The SMILES string of the molecule is CC(C)n1cc2c(n1)C1(CCN(c3ncccn3)CC1)CN(C(=O)C1CC1)C2. The summed E-state index contributed by atoms with van der Waals surface area (Å²) in [4.78, 5) is 26.1. The summed E-state index contributed by atoms with van der Waals surface area (Å²) >= 11 is 0. The van der Waals surface area contributed by atoms with Crippen molar-refractivity contribution in [2.75, 3.05) is 24.5 Å². The Bertz CT molecular complexity index is 864. The van der Waals surface area contributed by atoms with Gasteiger partial charge in [-0.3, -0.25) is 9.48 Å². The van der Waals surface area contributed by atoms with Gasteiger partial charge >= 0.3 is 0 Å². The molecule has 2 aromatic rings. The molecule has 7 heteroatoms. The number of anilines is 1. The number of hydrogen-bond acceptors (Lipinski definition) is 5. The van der Waals surface area contributed by atoms with Gasteiger partial charge in [0.05, 0.1) is 5.69 Å². The number of piperidine rings is 1. The average molecular weight is 380 g/mol. The number of carbonyl (C=O) groups excluding carboxylic acids is 1. The Hall–Kier alpha value is -2.44. The third kappa shape index (κ3) is 2.97. The number of rotatable bonds is 3. The van der Waals surface area contributed by atoms with E-state index < -0.39 is 0 Å². The first kappa shape index (κ1) is 17.6. The predicted octanol–water partition coefficient (Wildman–Crippen LogP) is 2.54. The quantitative estimate of drug-likeness (QED) is 0.819. The molecule has 148 valence electrons. The zero-order chi connectivity index (χ0) is 19.3. The highest BCUT2D eigenvalue weighted by atomic mass is 16.2. The summed E-state index contributed by atoms with van der Waals surface area (Å²) in [5.41, 5.74) is 2.40. The van der Waals surface area contributed by atoms with Crippen LogP contribution < -0.4 is 4.90 Å². The van der Waals surface area contributed by atoms with Gasteiger partial charge in [0.15, 0.2) is 0 Å². The zero-order valence-electron chi connectivity index (χ0n) is 16.7. The number of hydrogen-bond donors (Lipinski definition) is 0. The van der Waals surface area contributed by atoms with Gasteiger partial charge in [-0.2, -0.15) is 5.10 Å². The molecule has 0 bridgehead atoms. The lowest BCUT2D eigenvalue weighted by atomic mass is 9.72. The lowest BCUT2D eigenvalue weighted by molar-refractivity contribution is -0.135. The summed E-state index contributed by atoms with van der Waals surface area (Å²) in [5.74, 6) is 1.40. The van der Waals surface area contributed by atoms with Crippen LogP contribution in [0.25, 0.3) is 0 Å². The maximum atomic E-state index is 12.9. The molecule has 5 rings (SSSR count). The van der Waals surface area contributed by atoms with Crippen LogP contribution in [0.4, 0.5) is 5.95 Å². The molecule has 2 aliphatic heterocycles. The van der Waals surface area contributed by atoms with Crippen molar-refractivity contribution in [3.05, 3.63) is 35.9 Å². The molecule has 2 aromatic heterocycles. The predicted molar refractivity (Wildman–Crippen MR) is 106 cm³/mol. The normalized spacial score (nSPS) is 21.2. The highest BCUT2D eigenvalue weighted by Gasteiger charge is 2.47. The lowest BCUT2D eigenvalue weighted by Crippen LogP contribution is -2.53. The van der Waals surface area contributed by atoms with E-state index in [-0.39, 0.29) is 11.3 Å². The Morgan fingerprint density at radius 3 is 2.54 bits per heavy atom. The van der Waals surface area contributed by atoms with E-state index in [0.717, 1.165) is 51.3 Å². The Morgan fingerprint density at radius 1 is 1.18 bits per heavy atom. The van der Waals surface area contributed by atoms with E-state index in [9.17, 15) is 4.79 Å². The van der Waals surface area contributed by atoms with Crippen LogP contribution in [0.15, 0.2) is 24.7 Å².